The third-order valence-corrected chi connectivity index (χ3v) is 3.24. The van der Waals surface area contributed by atoms with Gasteiger partial charge in [0.25, 0.3) is 0 Å². The van der Waals surface area contributed by atoms with Crippen LogP contribution in [0.3, 0.4) is 0 Å². The molecule has 0 aliphatic heterocycles. The first-order valence-electron chi connectivity index (χ1n) is 8.17. The van der Waals surface area contributed by atoms with E-state index >= 15 is 0 Å². The van der Waals surface area contributed by atoms with Crippen molar-refractivity contribution < 1.29 is 33.9 Å². The van der Waals surface area contributed by atoms with E-state index in [1.165, 1.54) is 0 Å². The highest BCUT2D eigenvalue weighted by molar-refractivity contribution is 5.96. The van der Waals surface area contributed by atoms with Gasteiger partial charge in [-0.1, -0.05) is 55.5 Å². The molecule has 138 valence electrons. The van der Waals surface area contributed by atoms with Crippen molar-refractivity contribution in [3.8, 4) is 11.1 Å². The maximum Gasteiger partial charge on any atom is 0.543 e. The minimum atomic E-state index is -1.13. The average molecular weight is 360 g/mol. The Morgan fingerprint density at radius 1 is 0.846 bits per heavy atom. The standard InChI is InChI=1S/C19H20O7/c1-2-12-22-13-14-23-19(21)25-26-24-18(20)17-11-7-6-10-16(17)15-8-4-3-5-9-15/h3-11H,2,12-14H2,1H3. The molecule has 0 unspecified atom stereocenters. The molecule has 0 saturated heterocycles. The first-order valence-corrected chi connectivity index (χ1v) is 8.17. The van der Waals surface area contributed by atoms with Gasteiger partial charge in [0.05, 0.1) is 17.2 Å². The second kappa shape index (κ2) is 10.9. The molecule has 26 heavy (non-hydrogen) atoms. The third-order valence-electron chi connectivity index (χ3n) is 3.24. The zero-order chi connectivity index (χ0) is 18.6. The molecule has 0 fully saturated rings. The van der Waals surface area contributed by atoms with Crippen LogP contribution in [-0.4, -0.2) is 31.9 Å². The molecule has 0 radical (unpaired) electrons. The van der Waals surface area contributed by atoms with E-state index in [2.05, 4.69) is 19.6 Å². The molecule has 7 heteroatoms. The smallest absolute Gasteiger partial charge is 0.430 e. The van der Waals surface area contributed by atoms with Crippen molar-refractivity contribution in [3.05, 3.63) is 60.2 Å². The normalized spacial score (nSPS) is 10.2. The molecule has 0 aliphatic carbocycles. The Labute approximate surface area is 151 Å². The fourth-order valence-corrected chi connectivity index (χ4v) is 2.11. The molecule has 2 rings (SSSR count). The predicted octanol–water partition coefficient (Wildman–Crippen LogP) is 3.94. The topological polar surface area (TPSA) is 80.3 Å². The van der Waals surface area contributed by atoms with Crippen LogP contribution in [0.5, 0.6) is 0 Å². The summed E-state index contributed by atoms with van der Waals surface area (Å²) in [7, 11) is 0. The zero-order valence-corrected chi connectivity index (χ0v) is 14.4. The molecule has 2 aromatic rings. The summed E-state index contributed by atoms with van der Waals surface area (Å²) >= 11 is 0. The van der Waals surface area contributed by atoms with Gasteiger partial charge in [0.2, 0.25) is 0 Å². The molecule has 0 N–H and O–H groups in total. The number of hydrogen-bond donors (Lipinski definition) is 0. The molecular formula is C19H20O7. The molecule has 0 aromatic heterocycles. The van der Waals surface area contributed by atoms with Gasteiger partial charge in [0.1, 0.15) is 6.61 Å². The highest BCUT2D eigenvalue weighted by Crippen LogP contribution is 2.24. The molecule has 0 bridgehead atoms. The fraction of sp³-hybridized carbons (Fsp3) is 0.263. The van der Waals surface area contributed by atoms with Gasteiger partial charge in [-0.05, 0) is 23.6 Å². The van der Waals surface area contributed by atoms with Gasteiger partial charge in [-0.25, -0.2) is 14.5 Å². The van der Waals surface area contributed by atoms with E-state index in [9.17, 15) is 9.59 Å². The van der Waals surface area contributed by atoms with Crippen LogP contribution in [0.15, 0.2) is 54.6 Å². The van der Waals surface area contributed by atoms with Gasteiger partial charge in [0, 0.05) is 6.61 Å². The van der Waals surface area contributed by atoms with Crippen LogP contribution in [-0.2, 0) is 24.3 Å². The molecule has 7 nitrogen and oxygen atoms in total. The summed E-state index contributed by atoms with van der Waals surface area (Å²) in [6, 6.07) is 16.2. The van der Waals surface area contributed by atoms with E-state index in [0.717, 1.165) is 12.0 Å². The highest BCUT2D eigenvalue weighted by atomic mass is 17.5. The minimum absolute atomic E-state index is 0.00692. The van der Waals surface area contributed by atoms with Crippen LogP contribution in [0.25, 0.3) is 11.1 Å². The van der Waals surface area contributed by atoms with Gasteiger partial charge in [0.15, 0.2) is 0 Å². The fourth-order valence-electron chi connectivity index (χ4n) is 2.11. The van der Waals surface area contributed by atoms with Crippen LogP contribution in [0.1, 0.15) is 23.7 Å². The van der Waals surface area contributed by atoms with Crippen molar-refractivity contribution in [1.29, 1.82) is 0 Å². The van der Waals surface area contributed by atoms with E-state index in [1.54, 1.807) is 24.3 Å². The summed E-state index contributed by atoms with van der Waals surface area (Å²) in [6.07, 6.45) is -0.261. The molecule has 0 saturated carbocycles. The molecule has 0 atom stereocenters. The highest BCUT2D eigenvalue weighted by Gasteiger charge is 2.16. The largest absolute Gasteiger partial charge is 0.543 e. The molecular weight excluding hydrogens is 340 g/mol. The van der Waals surface area contributed by atoms with Crippen LogP contribution < -0.4 is 0 Å². The third kappa shape index (κ3) is 6.19. The molecule has 0 amide bonds. The summed E-state index contributed by atoms with van der Waals surface area (Å²) in [4.78, 5) is 32.2. The first kappa shape index (κ1) is 19.4. The van der Waals surface area contributed by atoms with E-state index in [0.29, 0.717) is 12.2 Å². The maximum absolute atomic E-state index is 12.2. The molecule has 2 aromatic carbocycles. The van der Waals surface area contributed by atoms with Crippen molar-refractivity contribution in [3.63, 3.8) is 0 Å². The average Bonchev–Trinajstić information content (AvgIpc) is 2.68. The first-order chi connectivity index (χ1) is 12.7. The Kier molecular flexibility index (Phi) is 8.11. The maximum atomic E-state index is 12.2. The summed E-state index contributed by atoms with van der Waals surface area (Å²) in [5.41, 5.74) is 1.77. The number of ether oxygens (including phenoxy) is 2. The lowest BCUT2D eigenvalue weighted by molar-refractivity contribution is -0.452. The Bertz CT molecular complexity index is 700. The Balaban J connectivity index is 1.81. The van der Waals surface area contributed by atoms with Crippen molar-refractivity contribution in [2.45, 2.75) is 13.3 Å². The lowest BCUT2D eigenvalue weighted by Crippen LogP contribution is -2.15. The number of hydrogen-bond acceptors (Lipinski definition) is 7. The Morgan fingerprint density at radius 2 is 1.58 bits per heavy atom. The van der Waals surface area contributed by atoms with E-state index in [1.807, 2.05) is 37.3 Å². The van der Waals surface area contributed by atoms with Crippen LogP contribution in [0, 0.1) is 0 Å². The SMILES string of the molecule is CCCOCCOC(=O)OOOC(=O)c1ccccc1-c1ccccc1. The quantitative estimate of drug-likeness (QED) is 0.290. The van der Waals surface area contributed by atoms with Gasteiger partial charge >= 0.3 is 12.1 Å². The van der Waals surface area contributed by atoms with Gasteiger partial charge < -0.3 is 9.47 Å². The van der Waals surface area contributed by atoms with Crippen molar-refractivity contribution in [2.24, 2.45) is 0 Å². The number of carbonyl (C=O) groups is 2. The lowest BCUT2D eigenvalue weighted by Gasteiger charge is -2.08. The van der Waals surface area contributed by atoms with Crippen LogP contribution in [0.2, 0.25) is 0 Å². The summed E-state index contributed by atoms with van der Waals surface area (Å²) in [6.45, 7) is 2.79. The van der Waals surface area contributed by atoms with Gasteiger partial charge in [-0.3, -0.25) is 4.89 Å². The lowest BCUT2D eigenvalue weighted by atomic mass is 10.00. The number of rotatable bonds is 9. The van der Waals surface area contributed by atoms with Crippen molar-refractivity contribution in [1.82, 2.24) is 0 Å². The number of carbonyl (C=O) groups excluding carboxylic acids is 2. The van der Waals surface area contributed by atoms with Crippen molar-refractivity contribution in [2.75, 3.05) is 19.8 Å². The molecule has 0 spiro atoms. The molecule has 0 heterocycles. The number of benzene rings is 2. The molecule has 0 aliphatic rings. The van der Waals surface area contributed by atoms with E-state index in [4.69, 9.17) is 4.74 Å². The monoisotopic (exact) mass is 360 g/mol. The zero-order valence-electron chi connectivity index (χ0n) is 14.4. The van der Waals surface area contributed by atoms with Gasteiger partial charge in [-0.2, -0.15) is 0 Å². The second-order valence-corrected chi connectivity index (χ2v) is 5.14. The predicted molar refractivity (Wildman–Crippen MR) is 91.9 cm³/mol. The van der Waals surface area contributed by atoms with Crippen molar-refractivity contribution >= 4 is 12.1 Å². The summed E-state index contributed by atoms with van der Waals surface area (Å²) in [5.74, 6) is -0.802. The Hall–Kier alpha value is -2.90. The van der Waals surface area contributed by atoms with E-state index < -0.39 is 12.1 Å². The van der Waals surface area contributed by atoms with E-state index in [-0.39, 0.29) is 18.8 Å². The summed E-state index contributed by atoms with van der Waals surface area (Å²) < 4.78 is 9.80. The summed E-state index contributed by atoms with van der Waals surface area (Å²) in [5, 5.41) is 4.22. The van der Waals surface area contributed by atoms with Crippen LogP contribution >= 0.6 is 0 Å². The second-order valence-electron chi connectivity index (χ2n) is 5.14. The minimum Gasteiger partial charge on any atom is -0.430 e. The van der Waals surface area contributed by atoms with Crippen LogP contribution in [0.4, 0.5) is 4.79 Å². The Morgan fingerprint density at radius 3 is 2.35 bits per heavy atom. The van der Waals surface area contributed by atoms with Gasteiger partial charge in [-0.15, -0.1) is 0 Å².